The van der Waals surface area contributed by atoms with Gasteiger partial charge >= 0.3 is 0 Å². The van der Waals surface area contributed by atoms with Gasteiger partial charge in [0.2, 0.25) is 0 Å². The average Bonchev–Trinajstić information content (AvgIpc) is 2.59. The number of hydrogen-bond donors (Lipinski definition) is 2. The number of rotatable bonds is 3. The van der Waals surface area contributed by atoms with Crippen LogP contribution in [0.5, 0.6) is 0 Å². The van der Waals surface area contributed by atoms with E-state index in [1.807, 2.05) is 7.05 Å². The Hall–Kier alpha value is -1.02. The maximum Gasteiger partial charge on any atom is 0.0408 e. The Morgan fingerprint density at radius 3 is 3.07 bits per heavy atom. The third-order valence-electron chi connectivity index (χ3n) is 3.17. The summed E-state index contributed by atoms with van der Waals surface area (Å²) in [5.74, 6) is 0. The first-order chi connectivity index (χ1) is 7.20. The van der Waals surface area contributed by atoms with E-state index in [-0.39, 0.29) is 0 Å². The zero-order chi connectivity index (χ0) is 10.8. The summed E-state index contributed by atoms with van der Waals surface area (Å²) < 4.78 is 0. The zero-order valence-corrected chi connectivity index (χ0v) is 9.80. The normalized spacial score (nSPS) is 20.9. The van der Waals surface area contributed by atoms with Gasteiger partial charge in [-0.15, -0.1) is 0 Å². The molecular weight excluding hydrogens is 184 g/mol. The summed E-state index contributed by atoms with van der Waals surface area (Å²) in [6.07, 6.45) is 2.26. The van der Waals surface area contributed by atoms with E-state index in [2.05, 4.69) is 42.7 Å². The fourth-order valence-electron chi connectivity index (χ4n) is 2.24. The van der Waals surface area contributed by atoms with Gasteiger partial charge in [-0.05, 0) is 44.9 Å². The van der Waals surface area contributed by atoms with Crippen LogP contribution in [-0.2, 0) is 12.8 Å². The van der Waals surface area contributed by atoms with Crippen LogP contribution in [0.1, 0.15) is 25.0 Å². The largest absolute Gasteiger partial charge is 0.382 e. The highest BCUT2D eigenvalue weighted by Crippen LogP contribution is 2.30. The molecule has 0 aliphatic carbocycles. The minimum absolute atomic E-state index is 0.536. The van der Waals surface area contributed by atoms with E-state index in [0.29, 0.717) is 12.1 Å². The molecule has 2 rings (SSSR count). The molecule has 0 fully saturated rings. The molecule has 1 aliphatic rings. The SMILES string of the molecule is CNC(C)Cc1cccc2c1NC(C)C2. The Labute approximate surface area is 92.1 Å². The predicted octanol–water partition coefficient (Wildman–Crippen LogP) is 2.19. The lowest BCUT2D eigenvalue weighted by Crippen LogP contribution is -2.24. The number of fused-ring (bicyclic) bond motifs is 1. The number of nitrogens with one attached hydrogen (secondary N) is 2. The second-order valence-electron chi connectivity index (χ2n) is 4.59. The van der Waals surface area contributed by atoms with E-state index in [9.17, 15) is 0 Å². The van der Waals surface area contributed by atoms with Crippen LogP contribution in [-0.4, -0.2) is 19.1 Å². The van der Waals surface area contributed by atoms with Crippen molar-refractivity contribution in [1.82, 2.24) is 5.32 Å². The lowest BCUT2D eigenvalue weighted by Gasteiger charge is -2.14. The topological polar surface area (TPSA) is 24.1 Å². The van der Waals surface area contributed by atoms with Crippen molar-refractivity contribution in [2.75, 3.05) is 12.4 Å². The van der Waals surface area contributed by atoms with Gasteiger partial charge < -0.3 is 10.6 Å². The number of likely N-dealkylation sites (N-methyl/N-ethyl adjacent to an activating group) is 1. The first-order valence-corrected chi connectivity index (χ1v) is 5.75. The molecule has 0 bridgehead atoms. The molecule has 0 radical (unpaired) electrons. The lowest BCUT2D eigenvalue weighted by atomic mass is 10.0. The van der Waals surface area contributed by atoms with E-state index in [1.54, 1.807) is 0 Å². The highest BCUT2D eigenvalue weighted by Gasteiger charge is 2.19. The van der Waals surface area contributed by atoms with Crippen LogP contribution in [0.15, 0.2) is 18.2 Å². The molecular formula is C13H20N2. The first kappa shape index (κ1) is 10.5. The van der Waals surface area contributed by atoms with Gasteiger partial charge in [0.05, 0.1) is 0 Å². The quantitative estimate of drug-likeness (QED) is 0.788. The van der Waals surface area contributed by atoms with Gasteiger partial charge in [0.15, 0.2) is 0 Å². The van der Waals surface area contributed by atoms with Gasteiger partial charge in [0.1, 0.15) is 0 Å². The second kappa shape index (κ2) is 4.23. The third-order valence-corrected chi connectivity index (χ3v) is 3.17. The van der Waals surface area contributed by atoms with Gasteiger partial charge in [-0.25, -0.2) is 0 Å². The number of anilines is 1. The summed E-state index contributed by atoms with van der Waals surface area (Å²) in [4.78, 5) is 0. The van der Waals surface area contributed by atoms with Crippen molar-refractivity contribution in [3.05, 3.63) is 29.3 Å². The van der Waals surface area contributed by atoms with Crippen LogP contribution in [0.2, 0.25) is 0 Å². The molecule has 1 heterocycles. The van der Waals surface area contributed by atoms with E-state index >= 15 is 0 Å². The van der Waals surface area contributed by atoms with Crippen LogP contribution in [0.4, 0.5) is 5.69 Å². The van der Waals surface area contributed by atoms with Crippen LogP contribution >= 0.6 is 0 Å². The molecule has 0 spiro atoms. The van der Waals surface area contributed by atoms with E-state index in [0.717, 1.165) is 12.8 Å². The Kier molecular flexibility index (Phi) is 2.96. The molecule has 0 saturated carbocycles. The van der Waals surface area contributed by atoms with E-state index in [1.165, 1.54) is 16.8 Å². The molecule has 1 aliphatic heterocycles. The smallest absolute Gasteiger partial charge is 0.0408 e. The van der Waals surface area contributed by atoms with Gasteiger partial charge in [-0.3, -0.25) is 0 Å². The molecule has 2 heteroatoms. The highest BCUT2D eigenvalue weighted by molar-refractivity contribution is 5.62. The third kappa shape index (κ3) is 2.15. The fraction of sp³-hybridized carbons (Fsp3) is 0.538. The van der Waals surface area contributed by atoms with Crippen LogP contribution < -0.4 is 10.6 Å². The highest BCUT2D eigenvalue weighted by atomic mass is 14.9. The molecule has 1 aromatic carbocycles. The summed E-state index contributed by atoms with van der Waals surface area (Å²) in [7, 11) is 2.02. The Morgan fingerprint density at radius 1 is 1.53 bits per heavy atom. The molecule has 2 unspecified atom stereocenters. The second-order valence-corrected chi connectivity index (χ2v) is 4.59. The van der Waals surface area contributed by atoms with Crippen molar-refractivity contribution in [3.63, 3.8) is 0 Å². The summed E-state index contributed by atoms with van der Waals surface area (Å²) in [6.45, 7) is 4.46. The van der Waals surface area contributed by atoms with Gasteiger partial charge in [-0.1, -0.05) is 18.2 Å². The minimum Gasteiger partial charge on any atom is -0.382 e. The Balaban J connectivity index is 2.23. The predicted molar refractivity (Wildman–Crippen MR) is 65.5 cm³/mol. The van der Waals surface area contributed by atoms with Crippen molar-refractivity contribution in [2.45, 2.75) is 38.8 Å². The van der Waals surface area contributed by atoms with E-state index < -0.39 is 0 Å². The molecule has 2 nitrogen and oxygen atoms in total. The van der Waals surface area contributed by atoms with Crippen molar-refractivity contribution in [2.24, 2.45) is 0 Å². The van der Waals surface area contributed by atoms with Crippen molar-refractivity contribution >= 4 is 5.69 Å². The molecule has 2 N–H and O–H groups in total. The van der Waals surface area contributed by atoms with Gasteiger partial charge in [-0.2, -0.15) is 0 Å². The summed E-state index contributed by atoms with van der Waals surface area (Å²) in [5.41, 5.74) is 4.30. The number of benzene rings is 1. The van der Waals surface area contributed by atoms with Crippen LogP contribution in [0, 0.1) is 0 Å². The molecule has 15 heavy (non-hydrogen) atoms. The monoisotopic (exact) mass is 204 g/mol. The number of hydrogen-bond acceptors (Lipinski definition) is 2. The van der Waals surface area contributed by atoms with E-state index in [4.69, 9.17) is 0 Å². The fourth-order valence-corrected chi connectivity index (χ4v) is 2.24. The molecule has 1 aromatic rings. The zero-order valence-electron chi connectivity index (χ0n) is 9.80. The summed E-state index contributed by atoms with van der Waals surface area (Å²) >= 11 is 0. The maximum atomic E-state index is 3.57. The maximum absolute atomic E-state index is 3.57. The molecule has 0 saturated heterocycles. The average molecular weight is 204 g/mol. The Bertz CT molecular complexity index is 346. The lowest BCUT2D eigenvalue weighted by molar-refractivity contribution is 0.609. The molecule has 0 aromatic heterocycles. The first-order valence-electron chi connectivity index (χ1n) is 5.75. The van der Waals surface area contributed by atoms with Gasteiger partial charge in [0, 0.05) is 17.8 Å². The molecule has 82 valence electrons. The van der Waals surface area contributed by atoms with Crippen molar-refractivity contribution < 1.29 is 0 Å². The summed E-state index contributed by atoms with van der Waals surface area (Å²) in [6, 6.07) is 7.77. The van der Waals surface area contributed by atoms with Gasteiger partial charge in [0.25, 0.3) is 0 Å². The number of para-hydroxylation sites is 1. The van der Waals surface area contributed by atoms with Crippen LogP contribution in [0.25, 0.3) is 0 Å². The van der Waals surface area contributed by atoms with Crippen molar-refractivity contribution in [1.29, 1.82) is 0 Å². The molecule has 0 amide bonds. The molecule has 2 atom stereocenters. The van der Waals surface area contributed by atoms with Crippen LogP contribution in [0.3, 0.4) is 0 Å². The standard InChI is InChI=1S/C13H20N2/c1-9(14-3)7-11-5-4-6-12-8-10(2)15-13(11)12/h4-6,9-10,14-15H,7-8H2,1-3H3. The minimum atomic E-state index is 0.536. The Morgan fingerprint density at radius 2 is 2.33 bits per heavy atom. The summed E-state index contributed by atoms with van der Waals surface area (Å²) in [5, 5.41) is 6.86. The van der Waals surface area contributed by atoms with Crippen molar-refractivity contribution in [3.8, 4) is 0 Å².